The third-order valence-corrected chi connectivity index (χ3v) is 3.89. The van der Waals surface area contributed by atoms with E-state index in [4.69, 9.17) is 35.4 Å². The maximum Gasteiger partial charge on any atom is 0.271 e. The SMILES string of the molecule is C[C@H](NC(=S)Nc1cc([N+](=O)[O-])ccc1Cl)c1cccc(Cl)c1. The fourth-order valence-electron chi connectivity index (χ4n) is 1.94. The van der Waals surface area contributed by atoms with Gasteiger partial charge in [-0.1, -0.05) is 35.3 Å². The van der Waals surface area contributed by atoms with Crippen molar-refractivity contribution in [2.24, 2.45) is 0 Å². The lowest BCUT2D eigenvalue weighted by atomic mass is 10.1. The molecule has 2 N–H and O–H groups in total. The van der Waals surface area contributed by atoms with Crippen molar-refractivity contribution in [1.82, 2.24) is 5.32 Å². The van der Waals surface area contributed by atoms with Crippen molar-refractivity contribution in [2.45, 2.75) is 13.0 Å². The number of halogens is 2. The van der Waals surface area contributed by atoms with E-state index >= 15 is 0 Å². The zero-order valence-corrected chi connectivity index (χ0v) is 14.4. The summed E-state index contributed by atoms with van der Waals surface area (Å²) in [7, 11) is 0. The number of hydrogen-bond donors (Lipinski definition) is 2. The molecule has 0 radical (unpaired) electrons. The largest absolute Gasteiger partial charge is 0.356 e. The van der Waals surface area contributed by atoms with E-state index in [1.165, 1.54) is 18.2 Å². The normalized spacial score (nSPS) is 11.6. The second kappa shape index (κ2) is 7.59. The van der Waals surface area contributed by atoms with Gasteiger partial charge in [0.2, 0.25) is 0 Å². The van der Waals surface area contributed by atoms with Gasteiger partial charge >= 0.3 is 0 Å². The molecule has 0 fully saturated rings. The molecule has 0 bridgehead atoms. The number of anilines is 1. The molecule has 0 spiro atoms. The van der Waals surface area contributed by atoms with Gasteiger partial charge in [0.15, 0.2) is 5.11 Å². The third-order valence-electron chi connectivity index (χ3n) is 3.11. The summed E-state index contributed by atoms with van der Waals surface area (Å²) in [5.41, 5.74) is 1.27. The number of nitro benzene ring substituents is 1. The molecular formula is C15H13Cl2N3O2S. The van der Waals surface area contributed by atoms with Crippen molar-refractivity contribution < 1.29 is 4.92 Å². The van der Waals surface area contributed by atoms with Crippen LogP contribution in [0.2, 0.25) is 10.0 Å². The van der Waals surface area contributed by atoms with Gasteiger partial charge < -0.3 is 10.6 Å². The third kappa shape index (κ3) is 4.79. The van der Waals surface area contributed by atoms with Gasteiger partial charge in [0.25, 0.3) is 5.69 Å². The van der Waals surface area contributed by atoms with Crippen LogP contribution in [0.15, 0.2) is 42.5 Å². The van der Waals surface area contributed by atoms with Crippen LogP contribution in [0, 0.1) is 10.1 Å². The lowest BCUT2D eigenvalue weighted by molar-refractivity contribution is -0.384. The highest BCUT2D eigenvalue weighted by Gasteiger charge is 2.12. The van der Waals surface area contributed by atoms with E-state index in [0.717, 1.165) is 5.56 Å². The van der Waals surface area contributed by atoms with E-state index in [2.05, 4.69) is 10.6 Å². The number of non-ortho nitro benzene ring substituents is 1. The molecule has 1 atom stereocenters. The molecule has 0 heterocycles. The highest BCUT2D eigenvalue weighted by atomic mass is 35.5. The first-order chi connectivity index (χ1) is 10.9. The predicted molar refractivity (Wildman–Crippen MR) is 97.3 cm³/mol. The van der Waals surface area contributed by atoms with Crippen LogP contribution in [0.4, 0.5) is 11.4 Å². The van der Waals surface area contributed by atoms with Gasteiger partial charge in [-0.3, -0.25) is 10.1 Å². The summed E-state index contributed by atoms with van der Waals surface area (Å²) in [6, 6.07) is 11.4. The van der Waals surface area contributed by atoms with E-state index in [1.807, 2.05) is 25.1 Å². The molecule has 2 aromatic carbocycles. The van der Waals surface area contributed by atoms with E-state index < -0.39 is 4.92 Å². The number of nitro groups is 1. The Morgan fingerprint density at radius 1 is 1.26 bits per heavy atom. The first-order valence-corrected chi connectivity index (χ1v) is 7.80. The van der Waals surface area contributed by atoms with Crippen LogP contribution in [0.3, 0.4) is 0 Å². The second-order valence-electron chi connectivity index (χ2n) is 4.80. The van der Waals surface area contributed by atoms with E-state index in [9.17, 15) is 10.1 Å². The number of thiocarbonyl (C=S) groups is 1. The average Bonchev–Trinajstić information content (AvgIpc) is 2.49. The highest BCUT2D eigenvalue weighted by molar-refractivity contribution is 7.80. The standard InChI is InChI=1S/C15H13Cl2N3O2S/c1-9(10-3-2-4-11(16)7-10)18-15(23)19-14-8-12(20(21)22)5-6-13(14)17/h2-9H,1H3,(H2,18,19,23)/t9-/m0/s1. The maximum absolute atomic E-state index is 10.8. The Bertz CT molecular complexity index is 755. The molecule has 2 rings (SSSR count). The van der Waals surface area contributed by atoms with Crippen LogP contribution >= 0.6 is 35.4 Å². The van der Waals surface area contributed by atoms with Crippen LogP contribution in [-0.4, -0.2) is 10.0 Å². The minimum atomic E-state index is -0.493. The summed E-state index contributed by atoms with van der Waals surface area (Å²) in [5.74, 6) is 0. The van der Waals surface area contributed by atoms with Gasteiger partial charge in [0.1, 0.15) is 0 Å². The van der Waals surface area contributed by atoms with Gasteiger partial charge in [-0.15, -0.1) is 0 Å². The number of benzene rings is 2. The molecule has 8 heteroatoms. The van der Waals surface area contributed by atoms with Crippen molar-refractivity contribution in [3.63, 3.8) is 0 Å². The average molecular weight is 370 g/mol. The van der Waals surface area contributed by atoms with E-state index in [-0.39, 0.29) is 11.7 Å². The molecular weight excluding hydrogens is 357 g/mol. The number of hydrogen-bond acceptors (Lipinski definition) is 3. The first-order valence-electron chi connectivity index (χ1n) is 6.63. The Morgan fingerprint density at radius 2 is 2.00 bits per heavy atom. The second-order valence-corrected chi connectivity index (χ2v) is 6.05. The Labute approximate surface area is 148 Å². The molecule has 0 aromatic heterocycles. The van der Waals surface area contributed by atoms with Crippen LogP contribution in [0.5, 0.6) is 0 Å². The number of nitrogens with zero attached hydrogens (tertiary/aromatic N) is 1. The van der Waals surface area contributed by atoms with Crippen LogP contribution in [0.25, 0.3) is 0 Å². The zero-order chi connectivity index (χ0) is 17.0. The summed E-state index contributed by atoms with van der Waals surface area (Å²) in [4.78, 5) is 10.3. The van der Waals surface area contributed by atoms with Gasteiger partial charge in [-0.25, -0.2) is 0 Å². The van der Waals surface area contributed by atoms with Gasteiger partial charge in [0.05, 0.1) is 21.7 Å². The number of nitrogens with one attached hydrogen (secondary N) is 2. The Kier molecular flexibility index (Phi) is 5.76. The van der Waals surface area contributed by atoms with Crippen LogP contribution in [0.1, 0.15) is 18.5 Å². The maximum atomic E-state index is 10.8. The monoisotopic (exact) mass is 369 g/mol. The topological polar surface area (TPSA) is 67.2 Å². The summed E-state index contributed by atoms with van der Waals surface area (Å²) >= 11 is 17.2. The van der Waals surface area contributed by atoms with Crippen molar-refractivity contribution >= 4 is 51.9 Å². The molecule has 23 heavy (non-hydrogen) atoms. The Morgan fingerprint density at radius 3 is 2.65 bits per heavy atom. The zero-order valence-electron chi connectivity index (χ0n) is 12.0. The first kappa shape index (κ1) is 17.5. The smallest absolute Gasteiger partial charge is 0.271 e. The van der Waals surface area contributed by atoms with Crippen molar-refractivity contribution in [1.29, 1.82) is 0 Å². The van der Waals surface area contributed by atoms with Crippen molar-refractivity contribution in [2.75, 3.05) is 5.32 Å². The Hall–Kier alpha value is -1.89. The van der Waals surface area contributed by atoms with Crippen LogP contribution < -0.4 is 10.6 Å². The highest BCUT2D eigenvalue weighted by Crippen LogP contribution is 2.27. The van der Waals surface area contributed by atoms with Crippen molar-refractivity contribution in [3.8, 4) is 0 Å². The summed E-state index contributed by atoms with van der Waals surface area (Å²) < 4.78 is 0. The van der Waals surface area contributed by atoms with E-state index in [0.29, 0.717) is 20.8 Å². The van der Waals surface area contributed by atoms with Gasteiger partial charge in [0, 0.05) is 17.2 Å². The van der Waals surface area contributed by atoms with Gasteiger partial charge in [-0.2, -0.15) is 0 Å². The quantitative estimate of drug-likeness (QED) is 0.453. The molecule has 0 aliphatic carbocycles. The fourth-order valence-corrected chi connectivity index (χ4v) is 2.59. The lowest BCUT2D eigenvalue weighted by Gasteiger charge is -2.18. The van der Waals surface area contributed by atoms with E-state index in [1.54, 1.807) is 6.07 Å². The summed E-state index contributed by atoms with van der Waals surface area (Å²) in [6.45, 7) is 1.93. The lowest BCUT2D eigenvalue weighted by Crippen LogP contribution is -2.31. The molecule has 120 valence electrons. The molecule has 0 amide bonds. The molecule has 0 aliphatic rings. The summed E-state index contributed by atoms with van der Waals surface area (Å²) in [6.07, 6.45) is 0. The minimum Gasteiger partial charge on any atom is -0.356 e. The predicted octanol–water partition coefficient (Wildman–Crippen LogP) is 4.95. The minimum absolute atomic E-state index is 0.0670. The number of rotatable bonds is 4. The molecule has 0 aliphatic heterocycles. The molecule has 2 aromatic rings. The van der Waals surface area contributed by atoms with Crippen LogP contribution in [-0.2, 0) is 0 Å². The molecule has 0 saturated heterocycles. The molecule has 0 saturated carbocycles. The Balaban J connectivity index is 2.07. The van der Waals surface area contributed by atoms with Gasteiger partial charge in [-0.05, 0) is 42.9 Å². The fraction of sp³-hybridized carbons (Fsp3) is 0.133. The molecule has 5 nitrogen and oxygen atoms in total. The molecule has 0 unspecified atom stereocenters. The summed E-state index contributed by atoms with van der Waals surface area (Å²) in [5, 5.41) is 18.1. The van der Waals surface area contributed by atoms with Crippen molar-refractivity contribution in [3.05, 3.63) is 68.2 Å².